The van der Waals surface area contributed by atoms with Crippen LogP contribution in [0.3, 0.4) is 0 Å². The van der Waals surface area contributed by atoms with E-state index in [0.29, 0.717) is 19.5 Å². The molecule has 0 saturated carbocycles. The highest BCUT2D eigenvalue weighted by Gasteiger charge is 2.22. The van der Waals surface area contributed by atoms with Crippen LogP contribution in [-0.2, 0) is 9.53 Å². The molecule has 1 N–H and O–H groups in total. The molecule has 0 spiro atoms. The first-order valence-corrected chi connectivity index (χ1v) is 8.81. The largest absolute Gasteiger partial charge is 0.444 e. The third kappa shape index (κ3) is 6.86. The molecule has 1 atom stereocenters. The van der Waals surface area contributed by atoms with Crippen LogP contribution in [0.25, 0.3) is 0 Å². The average Bonchev–Trinajstić information content (AvgIpc) is 2.49. The molecule has 1 aromatic rings. The van der Waals surface area contributed by atoms with Gasteiger partial charge in [-0.3, -0.25) is 9.78 Å². The molecule has 1 heterocycles. The predicted octanol–water partition coefficient (Wildman–Crippen LogP) is 3.67. The number of ether oxygens (including phenoxy) is 1. The van der Waals surface area contributed by atoms with Gasteiger partial charge in [-0.25, -0.2) is 4.79 Å². The molecule has 24 heavy (non-hydrogen) atoms. The molecule has 0 saturated heterocycles. The van der Waals surface area contributed by atoms with Crippen LogP contribution in [0.4, 0.5) is 4.79 Å². The molecule has 0 unspecified atom stereocenters. The Morgan fingerprint density at radius 2 is 2.04 bits per heavy atom. The highest BCUT2D eigenvalue weighted by Crippen LogP contribution is 2.20. The van der Waals surface area contributed by atoms with Crippen molar-refractivity contribution >= 4 is 27.9 Å². The molecule has 0 aliphatic heterocycles. The summed E-state index contributed by atoms with van der Waals surface area (Å²) in [6.45, 7) is 9.88. The van der Waals surface area contributed by atoms with E-state index in [1.54, 1.807) is 31.9 Å². The Bertz CT molecular complexity index is 555. The van der Waals surface area contributed by atoms with Gasteiger partial charge in [0.25, 0.3) is 0 Å². The van der Waals surface area contributed by atoms with Crippen molar-refractivity contribution in [3.63, 3.8) is 0 Å². The first-order valence-electron chi connectivity index (χ1n) is 8.01. The first kappa shape index (κ1) is 20.4. The zero-order valence-corrected chi connectivity index (χ0v) is 16.5. The van der Waals surface area contributed by atoms with Crippen molar-refractivity contribution in [1.29, 1.82) is 0 Å². The lowest BCUT2D eigenvalue weighted by molar-refractivity contribution is -0.133. The van der Waals surface area contributed by atoms with Crippen LogP contribution in [0.2, 0.25) is 0 Å². The highest BCUT2D eigenvalue weighted by molar-refractivity contribution is 9.10. The van der Waals surface area contributed by atoms with Gasteiger partial charge in [0.15, 0.2) is 0 Å². The van der Waals surface area contributed by atoms with Gasteiger partial charge >= 0.3 is 6.09 Å². The molecule has 134 valence electrons. The Morgan fingerprint density at radius 3 is 2.54 bits per heavy atom. The molecule has 0 radical (unpaired) electrons. The number of halogens is 1. The van der Waals surface area contributed by atoms with Crippen LogP contribution in [0.15, 0.2) is 22.8 Å². The number of aromatic nitrogens is 1. The van der Waals surface area contributed by atoms with Crippen molar-refractivity contribution in [3.05, 3.63) is 28.5 Å². The summed E-state index contributed by atoms with van der Waals surface area (Å²) >= 11 is 3.35. The molecule has 0 aromatic carbocycles. The minimum atomic E-state index is -0.544. The summed E-state index contributed by atoms with van der Waals surface area (Å²) in [7, 11) is 0. The van der Waals surface area contributed by atoms with Crippen molar-refractivity contribution in [3.8, 4) is 0 Å². The second-order valence-corrected chi connectivity index (χ2v) is 7.36. The molecule has 0 bridgehead atoms. The van der Waals surface area contributed by atoms with Crippen LogP contribution in [0.1, 0.15) is 52.8 Å². The molecule has 0 aliphatic rings. The van der Waals surface area contributed by atoms with Crippen molar-refractivity contribution in [2.75, 3.05) is 13.1 Å². The fourth-order valence-corrected chi connectivity index (χ4v) is 2.36. The van der Waals surface area contributed by atoms with Gasteiger partial charge in [0.05, 0.1) is 11.7 Å². The summed E-state index contributed by atoms with van der Waals surface area (Å²) in [5, 5.41) is 2.68. The molecule has 1 rings (SSSR count). The van der Waals surface area contributed by atoms with E-state index in [-0.39, 0.29) is 11.9 Å². The molecule has 0 fully saturated rings. The normalized spacial score (nSPS) is 12.4. The third-order valence-corrected chi connectivity index (χ3v) is 3.76. The molecular weight excluding hydrogens is 374 g/mol. The minimum Gasteiger partial charge on any atom is -0.444 e. The fourth-order valence-electron chi connectivity index (χ4n) is 2.12. The maximum atomic E-state index is 12.2. The minimum absolute atomic E-state index is 0.0122. The van der Waals surface area contributed by atoms with Crippen LogP contribution in [0, 0.1) is 0 Å². The predicted molar refractivity (Wildman–Crippen MR) is 96.6 cm³/mol. The van der Waals surface area contributed by atoms with Gasteiger partial charge in [-0.1, -0.05) is 6.92 Å². The highest BCUT2D eigenvalue weighted by atomic mass is 79.9. The van der Waals surface area contributed by atoms with E-state index in [4.69, 9.17) is 4.74 Å². The van der Waals surface area contributed by atoms with Crippen molar-refractivity contribution in [2.24, 2.45) is 0 Å². The lowest BCUT2D eigenvalue weighted by Crippen LogP contribution is -2.41. The van der Waals surface area contributed by atoms with E-state index in [0.717, 1.165) is 10.2 Å². The summed E-state index contributed by atoms with van der Waals surface area (Å²) in [5.41, 5.74) is 0.259. The molecular formula is C17H26BrN3O3. The van der Waals surface area contributed by atoms with Crippen LogP contribution in [-0.4, -0.2) is 40.6 Å². The molecule has 1 aromatic heterocycles. The Balaban J connectivity index is 2.67. The summed E-state index contributed by atoms with van der Waals surface area (Å²) in [5.74, 6) is 0.0122. The van der Waals surface area contributed by atoms with Gasteiger partial charge in [0, 0.05) is 30.2 Å². The number of carbonyl (C=O) groups is 2. The third-order valence-electron chi connectivity index (χ3n) is 3.29. The van der Waals surface area contributed by atoms with E-state index < -0.39 is 11.7 Å². The fraction of sp³-hybridized carbons (Fsp3) is 0.588. The molecule has 7 heteroatoms. The van der Waals surface area contributed by atoms with Crippen LogP contribution >= 0.6 is 15.9 Å². The van der Waals surface area contributed by atoms with Gasteiger partial charge < -0.3 is 15.0 Å². The van der Waals surface area contributed by atoms with E-state index in [1.807, 2.05) is 26.0 Å². The standard InChI is InChI=1S/C17H26BrN3O3/c1-6-15(22)21(10-9-19-16(23)24-17(3,4)5)12(2)14-8-7-13(18)11-20-14/h7-8,11-12H,6,9-10H2,1-5H3,(H,19,23)/t12-/m0/s1. The van der Waals surface area contributed by atoms with Gasteiger partial charge in [0.2, 0.25) is 5.91 Å². The van der Waals surface area contributed by atoms with E-state index in [2.05, 4.69) is 26.2 Å². The first-order chi connectivity index (χ1) is 11.1. The van der Waals surface area contributed by atoms with Gasteiger partial charge in [0.1, 0.15) is 5.60 Å². The summed E-state index contributed by atoms with van der Waals surface area (Å²) in [6.07, 6.45) is 1.62. The quantitative estimate of drug-likeness (QED) is 0.791. The SMILES string of the molecule is CCC(=O)N(CCNC(=O)OC(C)(C)C)[C@@H](C)c1ccc(Br)cn1. The lowest BCUT2D eigenvalue weighted by Gasteiger charge is -2.29. The van der Waals surface area contributed by atoms with Crippen molar-refractivity contribution in [2.45, 2.75) is 52.7 Å². The second kappa shape index (κ2) is 9.01. The van der Waals surface area contributed by atoms with Gasteiger partial charge in [-0.05, 0) is 55.8 Å². The smallest absolute Gasteiger partial charge is 0.407 e. The number of rotatable bonds is 6. The van der Waals surface area contributed by atoms with E-state index >= 15 is 0 Å². The van der Waals surface area contributed by atoms with Crippen molar-refractivity contribution < 1.29 is 14.3 Å². The Kier molecular flexibility index (Phi) is 7.66. The molecule has 2 amide bonds. The molecule has 0 aliphatic carbocycles. The van der Waals surface area contributed by atoms with Crippen LogP contribution in [0.5, 0.6) is 0 Å². The van der Waals surface area contributed by atoms with Gasteiger partial charge in [-0.15, -0.1) is 0 Å². The monoisotopic (exact) mass is 399 g/mol. The summed E-state index contributed by atoms with van der Waals surface area (Å²) in [6, 6.07) is 3.60. The number of pyridine rings is 1. The topological polar surface area (TPSA) is 71.5 Å². The Labute approximate surface area is 152 Å². The second-order valence-electron chi connectivity index (χ2n) is 6.45. The number of amides is 2. The zero-order valence-electron chi connectivity index (χ0n) is 14.9. The number of nitrogens with zero attached hydrogens (tertiary/aromatic N) is 2. The Hall–Kier alpha value is -1.63. The van der Waals surface area contributed by atoms with E-state index in [1.165, 1.54) is 0 Å². The summed E-state index contributed by atoms with van der Waals surface area (Å²) < 4.78 is 6.08. The number of carbonyl (C=O) groups excluding carboxylic acids is 2. The zero-order chi connectivity index (χ0) is 18.3. The number of alkyl carbamates (subject to hydrolysis) is 1. The summed E-state index contributed by atoms with van der Waals surface area (Å²) in [4.78, 5) is 30.0. The number of hydrogen-bond acceptors (Lipinski definition) is 4. The van der Waals surface area contributed by atoms with Crippen molar-refractivity contribution in [1.82, 2.24) is 15.2 Å². The maximum absolute atomic E-state index is 12.2. The van der Waals surface area contributed by atoms with Gasteiger partial charge in [-0.2, -0.15) is 0 Å². The average molecular weight is 400 g/mol. The lowest BCUT2D eigenvalue weighted by atomic mass is 10.1. The molecule has 6 nitrogen and oxygen atoms in total. The van der Waals surface area contributed by atoms with Crippen LogP contribution < -0.4 is 5.32 Å². The number of nitrogens with one attached hydrogen (secondary N) is 1. The van der Waals surface area contributed by atoms with E-state index in [9.17, 15) is 9.59 Å². The Morgan fingerprint density at radius 1 is 1.38 bits per heavy atom. The number of hydrogen-bond donors (Lipinski definition) is 1. The maximum Gasteiger partial charge on any atom is 0.407 e.